The predicted molar refractivity (Wildman–Crippen MR) is 72.7 cm³/mol. The van der Waals surface area contributed by atoms with Crippen LogP contribution in [0.4, 0.5) is 5.69 Å². The molecule has 5 heteroatoms. The Morgan fingerprint density at radius 2 is 2.16 bits per heavy atom. The highest BCUT2D eigenvalue weighted by Gasteiger charge is 2.26. The highest BCUT2D eigenvalue weighted by molar-refractivity contribution is 5.76. The monoisotopic (exact) mass is 264 g/mol. The van der Waals surface area contributed by atoms with Crippen molar-refractivity contribution >= 4 is 11.6 Å². The molecule has 104 valence electrons. The molecule has 1 aliphatic rings. The van der Waals surface area contributed by atoms with Gasteiger partial charge in [-0.3, -0.25) is 4.79 Å². The largest absolute Gasteiger partial charge is 0.491 e. The number of benzene rings is 1. The summed E-state index contributed by atoms with van der Waals surface area (Å²) in [6.07, 6.45) is 1.71. The van der Waals surface area contributed by atoms with Crippen LogP contribution in [0.25, 0.3) is 0 Å². The maximum absolute atomic E-state index is 11.6. The molecule has 1 aromatic carbocycles. The second kappa shape index (κ2) is 6.43. The Labute approximate surface area is 112 Å². The average molecular weight is 264 g/mol. The molecule has 1 amide bonds. The molecular weight excluding hydrogens is 244 g/mol. The molecule has 1 aliphatic carbocycles. The van der Waals surface area contributed by atoms with Gasteiger partial charge in [-0.05, 0) is 30.9 Å². The number of aliphatic hydroxyl groups is 1. The van der Waals surface area contributed by atoms with Crippen molar-refractivity contribution in [2.24, 2.45) is 5.92 Å². The van der Waals surface area contributed by atoms with E-state index in [4.69, 9.17) is 15.6 Å². The van der Waals surface area contributed by atoms with E-state index in [-0.39, 0.29) is 12.0 Å². The molecule has 0 bridgehead atoms. The number of hydrogen-bond donors (Lipinski definition) is 3. The highest BCUT2D eigenvalue weighted by Crippen LogP contribution is 2.26. The number of nitrogens with two attached hydrogens (primary N) is 1. The molecule has 0 atom stereocenters. The van der Waals surface area contributed by atoms with Crippen LogP contribution < -0.4 is 15.8 Å². The van der Waals surface area contributed by atoms with Gasteiger partial charge in [0.25, 0.3) is 0 Å². The Bertz CT molecular complexity index is 430. The molecule has 1 aromatic rings. The first kappa shape index (κ1) is 13.7. The van der Waals surface area contributed by atoms with E-state index < -0.39 is 0 Å². The maximum atomic E-state index is 11.6. The summed E-state index contributed by atoms with van der Waals surface area (Å²) in [5, 5.41) is 12.0. The normalized spacial score (nSPS) is 21.5. The summed E-state index contributed by atoms with van der Waals surface area (Å²) >= 11 is 0. The lowest BCUT2D eigenvalue weighted by Crippen LogP contribution is -2.38. The van der Waals surface area contributed by atoms with E-state index in [1.165, 1.54) is 0 Å². The minimum absolute atomic E-state index is 0.0316. The number of hydrogen-bond acceptors (Lipinski definition) is 4. The van der Waals surface area contributed by atoms with Crippen LogP contribution in [0.2, 0.25) is 0 Å². The van der Waals surface area contributed by atoms with Crippen LogP contribution in [0.5, 0.6) is 5.75 Å². The van der Waals surface area contributed by atoms with E-state index in [0.717, 1.165) is 12.8 Å². The first-order valence-electron chi connectivity index (χ1n) is 6.57. The number of para-hydroxylation sites is 2. The molecule has 0 saturated heterocycles. The zero-order valence-electron chi connectivity index (χ0n) is 10.8. The van der Waals surface area contributed by atoms with E-state index in [0.29, 0.717) is 36.9 Å². The number of rotatable bonds is 6. The van der Waals surface area contributed by atoms with E-state index in [1.807, 2.05) is 12.1 Å². The second-order valence-corrected chi connectivity index (χ2v) is 4.93. The molecule has 0 radical (unpaired) electrons. The molecule has 0 aliphatic heterocycles. The summed E-state index contributed by atoms with van der Waals surface area (Å²) in [5.41, 5.74) is 6.30. The lowest BCUT2D eigenvalue weighted by Gasteiger charge is -2.31. The van der Waals surface area contributed by atoms with E-state index in [9.17, 15) is 4.79 Å². The van der Waals surface area contributed by atoms with Crippen molar-refractivity contribution < 1.29 is 14.6 Å². The minimum Gasteiger partial charge on any atom is -0.491 e. The molecule has 5 nitrogen and oxygen atoms in total. The van der Waals surface area contributed by atoms with Gasteiger partial charge in [0.2, 0.25) is 5.91 Å². The standard InChI is InChI=1S/C14H20N2O3/c15-12-3-1-2-4-13(12)19-6-5-14(18)16-9-10-7-11(17)8-10/h1-4,10-11,17H,5-9,15H2,(H,16,18). The first-order chi connectivity index (χ1) is 9.15. The number of ether oxygens (including phenoxy) is 1. The Balaban J connectivity index is 1.60. The average Bonchev–Trinajstić information content (AvgIpc) is 2.35. The van der Waals surface area contributed by atoms with Crippen LogP contribution in [0, 0.1) is 5.92 Å². The predicted octanol–water partition coefficient (Wildman–Crippen LogP) is 0.925. The van der Waals surface area contributed by atoms with Gasteiger partial charge in [0.1, 0.15) is 5.75 Å². The fraction of sp³-hybridized carbons (Fsp3) is 0.500. The van der Waals surface area contributed by atoms with Crippen LogP contribution in [0.15, 0.2) is 24.3 Å². The minimum atomic E-state index is -0.175. The van der Waals surface area contributed by atoms with Crippen LogP contribution in [0.3, 0.4) is 0 Å². The molecule has 1 saturated carbocycles. The first-order valence-corrected chi connectivity index (χ1v) is 6.57. The quantitative estimate of drug-likeness (QED) is 0.667. The van der Waals surface area contributed by atoms with Gasteiger partial charge in [-0.25, -0.2) is 0 Å². The van der Waals surface area contributed by atoms with Crippen molar-refractivity contribution in [1.82, 2.24) is 5.32 Å². The van der Waals surface area contributed by atoms with E-state index in [2.05, 4.69) is 5.32 Å². The summed E-state index contributed by atoms with van der Waals surface area (Å²) in [4.78, 5) is 11.6. The van der Waals surface area contributed by atoms with Gasteiger partial charge >= 0.3 is 0 Å². The zero-order valence-corrected chi connectivity index (χ0v) is 10.8. The number of nitrogen functional groups attached to an aromatic ring is 1. The summed E-state index contributed by atoms with van der Waals surface area (Å²) in [7, 11) is 0. The second-order valence-electron chi connectivity index (χ2n) is 4.93. The molecule has 0 aromatic heterocycles. The van der Waals surface area contributed by atoms with Crippen molar-refractivity contribution in [3.63, 3.8) is 0 Å². The summed E-state index contributed by atoms with van der Waals surface area (Å²) in [6, 6.07) is 7.22. The van der Waals surface area contributed by atoms with Crippen molar-refractivity contribution in [3.8, 4) is 5.75 Å². The summed E-state index contributed by atoms with van der Waals surface area (Å²) < 4.78 is 5.45. The Hall–Kier alpha value is -1.75. The van der Waals surface area contributed by atoms with Gasteiger partial charge < -0.3 is 20.9 Å². The van der Waals surface area contributed by atoms with Crippen LogP contribution in [-0.2, 0) is 4.79 Å². The SMILES string of the molecule is Nc1ccccc1OCCC(=O)NCC1CC(O)C1. The summed E-state index contributed by atoms with van der Waals surface area (Å²) in [5.74, 6) is 0.998. The third kappa shape index (κ3) is 4.13. The van der Waals surface area contributed by atoms with Gasteiger partial charge in [0.05, 0.1) is 24.8 Å². The Morgan fingerprint density at radius 3 is 2.84 bits per heavy atom. The van der Waals surface area contributed by atoms with Gasteiger partial charge in [-0.1, -0.05) is 12.1 Å². The molecule has 4 N–H and O–H groups in total. The number of nitrogens with one attached hydrogen (secondary N) is 1. The smallest absolute Gasteiger partial charge is 0.223 e. The Kier molecular flexibility index (Phi) is 4.63. The Morgan fingerprint density at radius 1 is 1.42 bits per heavy atom. The molecule has 19 heavy (non-hydrogen) atoms. The molecular formula is C14H20N2O3. The number of amides is 1. The van der Waals surface area contributed by atoms with Gasteiger partial charge in [0.15, 0.2) is 0 Å². The molecule has 0 heterocycles. The fourth-order valence-electron chi connectivity index (χ4n) is 2.08. The van der Waals surface area contributed by atoms with Gasteiger partial charge in [0, 0.05) is 6.54 Å². The maximum Gasteiger partial charge on any atom is 0.223 e. The molecule has 0 spiro atoms. The van der Waals surface area contributed by atoms with E-state index >= 15 is 0 Å². The van der Waals surface area contributed by atoms with Crippen LogP contribution >= 0.6 is 0 Å². The number of carbonyl (C=O) groups excluding carboxylic acids is 1. The molecule has 1 fully saturated rings. The van der Waals surface area contributed by atoms with Gasteiger partial charge in [-0.15, -0.1) is 0 Å². The third-order valence-electron chi connectivity index (χ3n) is 3.30. The zero-order chi connectivity index (χ0) is 13.7. The number of carbonyl (C=O) groups is 1. The topological polar surface area (TPSA) is 84.6 Å². The van der Waals surface area contributed by atoms with Crippen LogP contribution in [0.1, 0.15) is 19.3 Å². The lowest BCUT2D eigenvalue weighted by atomic mass is 9.82. The van der Waals surface area contributed by atoms with E-state index in [1.54, 1.807) is 12.1 Å². The van der Waals surface area contributed by atoms with Gasteiger partial charge in [-0.2, -0.15) is 0 Å². The lowest BCUT2D eigenvalue weighted by molar-refractivity contribution is -0.122. The van der Waals surface area contributed by atoms with Crippen LogP contribution in [-0.4, -0.2) is 30.3 Å². The third-order valence-corrected chi connectivity index (χ3v) is 3.30. The molecule has 0 unspecified atom stereocenters. The summed E-state index contributed by atoms with van der Waals surface area (Å²) in [6.45, 7) is 0.955. The van der Waals surface area contributed by atoms with Crippen molar-refractivity contribution in [2.45, 2.75) is 25.4 Å². The number of aliphatic hydroxyl groups excluding tert-OH is 1. The molecule has 2 rings (SSSR count). The van der Waals surface area contributed by atoms with Crippen molar-refractivity contribution in [3.05, 3.63) is 24.3 Å². The highest BCUT2D eigenvalue weighted by atomic mass is 16.5. The fourth-order valence-corrected chi connectivity index (χ4v) is 2.08. The van der Waals surface area contributed by atoms with Crippen molar-refractivity contribution in [1.29, 1.82) is 0 Å². The van der Waals surface area contributed by atoms with Crippen molar-refractivity contribution in [2.75, 3.05) is 18.9 Å². The number of anilines is 1.